The first-order valence-electron chi connectivity index (χ1n) is 5.73. The van der Waals surface area contributed by atoms with E-state index in [2.05, 4.69) is 12.2 Å². The maximum atomic E-state index is 11.1. The number of nitro groups is 1. The van der Waals surface area contributed by atoms with E-state index in [1.54, 1.807) is 6.07 Å². The number of benzene rings is 1. The first-order valence-corrected chi connectivity index (χ1v) is 5.73. The molecule has 1 aromatic rings. The van der Waals surface area contributed by atoms with Gasteiger partial charge in [0.15, 0.2) is 0 Å². The highest BCUT2D eigenvalue weighted by molar-refractivity contribution is 5.94. The molecule has 1 fully saturated rings. The molecule has 1 aliphatic rings. The lowest BCUT2D eigenvalue weighted by molar-refractivity contribution is -0.385. The Labute approximate surface area is 104 Å². The number of hydrogen-bond acceptors (Lipinski definition) is 4. The van der Waals surface area contributed by atoms with Gasteiger partial charge < -0.3 is 10.4 Å². The third-order valence-electron chi connectivity index (χ3n) is 3.20. The molecule has 2 unspecified atom stereocenters. The van der Waals surface area contributed by atoms with Crippen molar-refractivity contribution in [1.82, 2.24) is 5.32 Å². The van der Waals surface area contributed by atoms with E-state index in [1.807, 2.05) is 0 Å². The van der Waals surface area contributed by atoms with Crippen molar-refractivity contribution in [1.29, 1.82) is 0 Å². The van der Waals surface area contributed by atoms with Crippen molar-refractivity contribution in [2.75, 3.05) is 0 Å². The SMILES string of the molecule is CC1CC1NCc1cccc([N+](=O)[O-])c1C(=O)O. The molecule has 1 aliphatic carbocycles. The third kappa shape index (κ3) is 2.48. The van der Waals surface area contributed by atoms with Gasteiger partial charge >= 0.3 is 5.97 Å². The number of carbonyl (C=O) groups is 1. The van der Waals surface area contributed by atoms with E-state index in [0.717, 1.165) is 6.42 Å². The van der Waals surface area contributed by atoms with Crippen LogP contribution in [-0.4, -0.2) is 22.0 Å². The Morgan fingerprint density at radius 3 is 2.78 bits per heavy atom. The molecule has 0 spiro atoms. The van der Waals surface area contributed by atoms with Gasteiger partial charge in [0.1, 0.15) is 5.56 Å². The molecule has 2 rings (SSSR count). The first-order chi connectivity index (χ1) is 8.50. The van der Waals surface area contributed by atoms with Gasteiger partial charge in [0, 0.05) is 18.7 Å². The molecule has 0 saturated heterocycles. The molecule has 6 heteroatoms. The molecular weight excluding hydrogens is 236 g/mol. The van der Waals surface area contributed by atoms with Crippen molar-refractivity contribution in [3.63, 3.8) is 0 Å². The fourth-order valence-corrected chi connectivity index (χ4v) is 1.98. The van der Waals surface area contributed by atoms with Crippen molar-refractivity contribution in [3.8, 4) is 0 Å². The van der Waals surface area contributed by atoms with Crippen molar-refractivity contribution >= 4 is 11.7 Å². The van der Waals surface area contributed by atoms with Crippen LogP contribution in [0.1, 0.15) is 29.3 Å². The number of aromatic carboxylic acids is 1. The normalized spacial score (nSPS) is 21.6. The largest absolute Gasteiger partial charge is 0.477 e. The zero-order chi connectivity index (χ0) is 13.3. The Bertz CT molecular complexity index is 501. The topological polar surface area (TPSA) is 92.5 Å². The summed E-state index contributed by atoms with van der Waals surface area (Å²) in [5.41, 5.74) is -0.121. The first kappa shape index (κ1) is 12.5. The second kappa shape index (κ2) is 4.73. The van der Waals surface area contributed by atoms with Crippen molar-refractivity contribution in [3.05, 3.63) is 39.4 Å². The van der Waals surface area contributed by atoms with Gasteiger partial charge in [-0.25, -0.2) is 4.79 Å². The lowest BCUT2D eigenvalue weighted by Crippen LogP contribution is -2.19. The van der Waals surface area contributed by atoms with Gasteiger partial charge in [-0.1, -0.05) is 19.1 Å². The van der Waals surface area contributed by atoms with Crippen molar-refractivity contribution in [2.24, 2.45) is 5.92 Å². The van der Waals surface area contributed by atoms with Crippen LogP contribution in [0, 0.1) is 16.0 Å². The van der Waals surface area contributed by atoms with Crippen LogP contribution in [0.3, 0.4) is 0 Å². The Hall–Kier alpha value is -1.95. The molecule has 1 aromatic carbocycles. The fraction of sp³-hybridized carbons (Fsp3) is 0.417. The zero-order valence-corrected chi connectivity index (χ0v) is 9.92. The number of nitrogens with zero attached hydrogens (tertiary/aromatic N) is 1. The Morgan fingerprint density at radius 2 is 2.28 bits per heavy atom. The predicted octanol–water partition coefficient (Wildman–Crippen LogP) is 1.79. The second-order valence-electron chi connectivity index (χ2n) is 4.57. The Morgan fingerprint density at radius 1 is 1.61 bits per heavy atom. The summed E-state index contributed by atoms with van der Waals surface area (Å²) in [6, 6.07) is 4.73. The molecule has 0 aliphatic heterocycles. The van der Waals surface area contributed by atoms with Gasteiger partial charge in [0.2, 0.25) is 0 Å². The van der Waals surface area contributed by atoms with Crippen LogP contribution in [0.4, 0.5) is 5.69 Å². The molecule has 96 valence electrons. The van der Waals surface area contributed by atoms with Gasteiger partial charge in [0.05, 0.1) is 4.92 Å². The van der Waals surface area contributed by atoms with E-state index in [-0.39, 0.29) is 11.3 Å². The molecule has 2 N–H and O–H groups in total. The monoisotopic (exact) mass is 250 g/mol. The molecule has 1 saturated carbocycles. The number of nitro benzene ring substituents is 1. The standard InChI is InChI=1S/C12H14N2O4/c1-7-5-9(7)13-6-8-3-2-4-10(14(17)18)11(8)12(15)16/h2-4,7,9,13H,5-6H2,1H3,(H,15,16). The van der Waals surface area contributed by atoms with Gasteiger partial charge in [-0.3, -0.25) is 10.1 Å². The number of rotatable bonds is 5. The lowest BCUT2D eigenvalue weighted by atomic mass is 10.1. The smallest absolute Gasteiger partial charge is 0.343 e. The molecule has 0 aromatic heterocycles. The number of hydrogen-bond donors (Lipinski definition) is 2. The van der Waals surface area contributed by atoms with Crippen LogP contribution in [0.5, 0.6) is 0 Å². The zero-order valence-electron chi connectivity index (χ0n) is 9.92. The van der Waals surface area contributed by atoms with E-state index >= 15 is 0 Å². The molecule has 2 atom stereocenters. The summed E-state index contributed by atoms with van der Waals surface area (Å²) in [4.78, 5) is 21.3. The molecule has 0 radical (unpaired) electrons. The van der Waals surface area contributed by atoms with E-state index in [0.29, 0.717) is 24.1 Å². The lowest BCUT2D eigenvalue weighted by Gasteiger charge is -2.07. The molecule has 0 heterocycles. The Balaban J connectivity index is 2.25. The maximum absolute atomic E-state index is 11.1. The maximum Gasteiger partial charge on any atom is 0.343 e. The number of carboxylic acid groups (broad SMARTS) is 1. The van der Waals surface area contributed by atoms with Gasteiger partial charge in [-0.15, -0.1) is 0 Å². The fourth-order valence-electron chi connectivity index (χ4n) is 1.98. The molecule has 0 bridgehead atoms. The summed E-state index contributed by atoms with van der Waals surface area (Å²) in [5.74, 6) is -0.667. The molecule has 0 amide bonds. The molecule has 18 heavy (non-hydrogen) atoms. The van der Waals surface area contributed by atoms with Crippen LogP contribution in [-0.2, 0) is 6.54 Å². The minimum Gasteiger partial charge on any atom is -0.477 e. The van der Waals surface area contributed by atoms with E-state index in [1.165, 1.54) is 12.1 Å². The van der Waals surface area contributed by atoms with Gasteiger partial charge in [-0.2, -0.15) is 0 Å². The van der Waals surface area contributed by atoms with Crippen LogP contribution in [0.15, 0.2) is 18.2 Å². The summed E-state index contributed by atoms with van der Waals surface area (Å²) < 4.78 is 0. The second-order valence-corrected chi connectivity index (χ2v) is 4.57. The van der Waals surface area contributed by atoms with Crippen LogP contribution in [0.25, 0.3) is 0 Å². The van der Waals surface area contributed by atoms with E-state index in [9.17, 15) is 14.9 Å². The highest BCUT2D eigenvalue weighted by atomic mass is 16.6. The van der Waals surface area contributed by atoms with E-state index < -0.39 is 10.9 Å². The Kier molecular flexibility index (Phi) is 3.29. The van der Waals surface area contributed by atoms with Gasteiger partial charge in [-0.05, 0) is 17.9 Å². The highest BCUT2D eigenvalue weighted by Crippen LogP contribution is 2.30. The average Bonchev–Trinajstić information content (AvgIpc) is 3.01. The summed E-state index contributed by atoms with van der Waals surface area (Å²) in [6.45, 7) is 2.45. The van der Waals surface area contributed by atoms with Gasteiger partial charge in [0.25, 0.3) is 5.69 Å². The highest BCUT2D eigenvalue weighted by Gasteiger charge is 2.32. The van der Waals surface area contributed by atoms with Crippen LogP contribution >= 0.6 is 0 Å². The predicted molar refractivity (Wildman–Crippen MR) is 64.5 cm³/mol. The minimum absolute atomic E-state index is 0.219. The quantitative estimate of drug-likeness (QED) is 0.614. The summed E-state index contributed by atoms with van der Waals surface area (Å²) in [5, 5.41) is 23.1. The van der Waals surface area contributed by atoms with Crippen LogP contribution in [0.2, 0.25) is 0 Å². The average molecular weight is 250 g/mol. The molecular formula is C12H14N2O4. The third-order valence-corrected chi connectivity index (χ3v) is 3.20. The summed E-state index contributed by atoms with van der Waals surface area (Å²) in [6.07, 6.45) is 1.07. The van der Waals surface area contributed by atoms with E-state index in [4.69, 9.17) is 5.11 Å². The van der Waals surface area contributed by atoms with Crippen molar-refractivity contribution in [2.45, 2.75) is 25.9 Å². The minimum atomic E-state index is -1.26. The van der Waals surface area contributed by atoms with Crippen LogP contribution < -0.4 is 5.32 Å². The number of carboxylic acids is 1. The molecule has 6 nitrogen and oxygen atoms in total. The summed E-state index contributed by atoms with van der Waals surface area (Å²) in [7, 11) is 0. The number of nitrogens with one attached hydrogen (secondary N) is 1. The summed E-state index contributed by atoms with van der Waals surface area (Å²) >= 11 is 0. The van der Waals surface area contributed by atoms with Crippen molar-refractivity contribution < 1.29 is 14.8 Å².